The van der Waals surface area contributed by atoms with Crippen molar-refractivity contribution in [2.75, 3.05) is 0 Å². The third-order valence-electron chi connectivity index (χ3n) is 10.7. The number of rotatable bonds is 12. The van der Waals surface area contributed by atoms with E-state index in [-0.39, 0.29) is 52.9 Å². The molecule has 3 saturated carbocycles. The van der Waals surface area contributed by atoms with E-state index in [0.717, 1.165) is 37.7 Å². The van der Waals surface area contributed by atoms with Gasteiger partial charge in [-0.25, -0.2) is 0 Å². The summed E-state index contributed by atoms with van der Waals surface area (Å²) in [5, 5.41) is 72.4. The third kappa shape index (κ3) is 7.88. The van der Waals surface area contributed by atoms with E-state index < -0.39 is 54.0 Å². The first-order valence-corrected chi connectivity index (χ1v) is 15.4. The number of carboxylic acid groups (broad SMARTS) is 3. The van der Waals surface area contributed by atoms with E-state index >= 15 is 0 Å². The highest BCUT2D eigenvalue weighted by atomic mass is 16.4. The minimum atomic E-state index is -2.07. The van der Waals surface area contributed by atoms with Crippen molar-refractivity contribution in [2.24, 2.45) is 29.1 Å². The molecule has 7 N–H and O–H groups in total. The van der Waals surface area contributed by atoms with Crippen LogP contribution in [0.25, 0.3) is 0 Å². The van der Waals surface area contributed by atoms with Crippen LogP contribution in [0, 0.1) is 29.1 Å². The molecule has 0 saturated heterocycles. The van der Waals surface area contributed by atoms with Crippen molar-refractivity contribution in [3.05, 3.63) is 35.1 Å². The Bertz CT molecular complexity index is 1180. The average Bonchev–Trinajstić information content (AvgIpc) is 3.19. The molecule has 0 spiro atoms. The Kier molecular flexibility index (Phi) is 10.3. The van der Waals surface area contributed by atoms with Gasteiger partial charge in [0.15, 0.2) is 0 Å². The summed E-state index contributed by atoms with van der Waals surface area (Å²) in [7, 11) is 0. The van der Waals surface area contributed by atoms with Crippen molar-refractivity contribution < 1.29 is 50.1 Å². The second-order valence-electron chi connectivity index (χ2n) is 14.4. The number of carboxylic acids is 3. The highest BCUT2D eigenvalue weighted by molar-refractivity contribution is 5.71. The second kappa shape index (κ2) is 12.7. The van der Waals surface area contributed by atoms with Gasteiger partial charge < -0.3 is 35.7 Å². The molecular formula is C33H50O10. The quantitative estimate of drug-likeness (QED) is 0.149. The van der Waals surface area contributed by atoms with Crippen molar-refractivity contribution in [2.45, 2.75) is 122 Å². The monoisotopic (exact) mass is 606 g/mol. The Labute approximate surface area is 253 Å². The molecule has 3 rings (SSSR count). The fraction of sp³-hybridized carbons (Fsp3) is 0.727. The molecule has 242 valence electrons. The zero-order valence-electron chi connectivity index (χ0n) is 25.9. The van der Waals surface area contributed by atoms with Crippen LogP contribution in [0.5, 0.6) is 0 Å². The standard InChI is InChI=1S/C33H50O10/c1-19(8-9-22(14-27(35)36)30(3,4)41)24-10-11-25-23(7-6-12-31(24,25)5)26(34)13-21-15-32(42,16-28(37)38)18-33(43,20(21)2)17-29(39)40/h13,19,22,24-25,34,41-43H,2,6-12,14-18H2,1,3-5H3,(H,35,36)(H,37,38)(H,39,40)/b21-13-,26-23?/t19-,22+,24-,25?,31-,32+,33-/m1/s1. The van der Waals surface area contributed by atoms with Crippen LogP contribution in [0.2, 0.25) is 0 Å². The zero-order valence-corrected chi connectivity index (χ0v) is 25.9. The number of aliphatic carboxylic acids is 3. The molecule has 0 aromatic rings. The van der Waals surface area contributed by atoms with Crippen LogP contribution in [0.3, 0.4) is 0 Å². The molecular weight excluding hydrogens is 556 g/mol. The summed E-state index contributed by atoms with van der Waals surface area (Å²) in [6.07, 6.45) is 4.81. The lowest BCUT2D eigenvalue weighted by Crippen LogP contribution is -2.50. The van der Waals surface area contributed by atoms with Gasteiger partial charge >= 0.3 is 17.9 Å². The molecule has 0 aromatic carbocycles. The van der Waals surface area contributed by atoms with Gasteiger partial charge in [0.25, 0.3) is 0 Å². The molecule has 43 heavy (non-hydrogen) atoms. The lowest BCUT2D eigenvalue weighted by molar-refractivity contribution is -0.149. The van der Waals surface area contributed by atoms with Crippen molar-refractivity contribution >= 4 is 17.9 Å². The van der Waals surface area contributed by atoms with E-state index in [9.17, 15) is 50.1 Å². The fourth-order valence-electron chi connectivity index (χ4n) is 8.55. The Balaban J connectivity index is 1.89. The largest absolute Gasteiger partial charge is 0.508 e. The normalized spacial score (nSPS) is 34.9. The first-order chi connectivity index (χ1) is 19.7. The molecule has 0 radical (unpaired) electrons. The summed E-state index contributed by atoms with van der Waals surface area (Å²) in [5.41, 5.74) is -4.05. The molecule has 0 heterocycles. The highest BCUT2D eigenvalue weighted by Gasteiger charge is 2.52. The number of carbonyl (C=O) groups is 3. The SMILES string of the molecule is C=C1/C(=C\C(O)=C2CCC[C@@]3(C)C2CC[C@@H]3[C@H](C)CC[C@@H](CC(=O)O)C(C)(C)O)C[C@](O)(CC(=O)O)C[C@]1(O)CC(=O)O. The summed E-state index contributed by atoms with van der Waals surface area (Å²) < 4.78 is 0. The Hall–Kier alpha value is -2.69. The number of allylic oxidation sites excluding steroid dienone is 2. The topological polar surface area (TPSA) is 193 Å². The zero-order chi connectivity index (χ0) is 32.5. The average molecular weight is 607 g/mol. The smallest absolute Gasteiger partial charge is 0.306 e. The maximum atomic E-state index is 11.5. The Morgan fingerprint density at radius 1 is 1.02 bits per heavy atom. The van der Waals surface area contributed by atoms with Crippen LogP contribution in [-0.2, 0) is 14.4 Å². The molecule has 0 bridgehead atoms. The first-order valence-electron chi connectivity index (χ1n) is 15.4. The van der Waals surface area contributed by atoms with Crippen LogP contribution in [0.15, 0.2) is 35.1 Å². The summed E-state index contributed by atoms with van der Waals surface area (Å²) in [6, 6.07) is 0. The van der Waals surface area contributed by atoms with Crippen LogP contribution >= 0.6 is 0 Å². The van der Waals surface area contributed by atoms with Gasteiger partial charge in [-0.15, -0.1) is 0 Å². The van der Waals surface area contributed by atoms with Gasteiger partial charge in [-0.1, -0.05) is 26.8 Å². The lowest BCUT2D eigenvalue weighted by atomic mass is 9.60. The molecule has 0 amide bonds. The van der Waals surface area contributed by atoms with Crippen molar-refractivity contribution in [1.29, 1.82) is 0 Å². The van der Waals surface area contributed by atoms with Gasteiger partial charge in [0, 0.05) is 12.8 Å². The van der Waals surface area contributed by atoms with Crippen molar-refractivity contribution in [3.8, 4) is 0 Å². The molecule has 3 fully saturated rings. The number of hydrogen-bond donors (Lipinski definition) is 7. The molecule has 7 atom stereocenters. The highest BCUT2D eigenvalue weighted by Crippen LogP contribution is 2.60. The number of aliphatic hydroxyl groups excluding tert-OH is 1. The van der Waals surface area contributed by atoms with Crippen LogP contribution in [-0.4, -0.2) is 70.5 Å². The van der Waals surface area contributed by atoms with Gasteiger partial charge in [0.2, 0.25) is 0 Å². The van der Waals surface area contributed by atoms with E-state index in [1.165, 1.54) is 6.08 Å². The maximum absolute atomic E-state index is 11.5. The number of aliphatic hydroxyl groups is 4. The summed E-state index contributed by atoms with van der Waals surface area (Å²) in [6.45, 7) is 11.6. The van der Waals surface area contributed by atoms with Gasteiger partial charge in [0.1, 0.15) is 11.4 Å². The minimum Gasteiger partial charge on any atom is -0.508 e. The van der Waals surface area contributed by atoms with Crippen LogP contribution < -0.4 is 0 Å². The molecule has 0 aliphatic heterocycles. The Morgan fingerprint density at radius 3 is 2.21 bits per heavy atom. The second-order valence-corrected chi connectivity index (χ2v) is 14.4. The molecule has 3 aliphatic carbocycles. The van der Waals surface area contributed by atoms with E-state index in [1.54, 1.807) is 13.8 Å². The first kappa shape index (κ1) is 34.8. The van der Waals surface area contributed by atoms with E-state index in [1.807, 2.05) is 0 Å². The molecule has 1 unspecified atom stereocenters. The summed E-state index contributed by atoms with van der Waals surface area (Å²) in [5.74, 6) is -3.25. The lowest BCUT2D eigenvalue weighted by Gasteiger charge is -2.45. The number of fused-ring (bicyclic) bond motifs is 1. The van der Waals surface area contributed by atoms with Crippen molar-refractivity contribution in [1.82, 2.24) is 0 Å². The van der Waals surface area contributed by atoms with E-state index in [2.05, 4.69) is 20.4 Å². The Morgan fingerprint density at radius 2 is 1.65 bits per heavy atom. The van der Waals surface area contributed by atoms with Crippen LogP contribution in [0.1, 0.15) is 105 Å². The van der Waals surface area contributed by atoms with E-state index in [4.69, 9.17) is 0 Å². The minimum absolute atomic E-state index is 0.0128. The van der Waals surface area contributed by atoms with Crippen molar-refractivity contribution in [3.63, 3.8) is 0 Å². The summed E-state index contributed by atoms with van der Waals surface area (Å²) >= 11 is 0. The van der Waals surface area contributed by atoms with E-state index in [0.29, 0.717) is 18.8 Å². The van der Waals surface area contributed by atoms with Gasteiger partial charge in [-0.3, -0.25) is 14.4 Å². The summed E-state index contributed by atoms with van der Waals surface area (Å²) in [4.78, 5) is 34.4. The number of hydrogen-bond acceptors (Lipinski definition) is 7. The molecule has 0 aromatic heterocycles. The maximum Gasteiger partial charge on any atom is 0.306 e. The van der Waals surface area contributed by atoms with Gasteiger partial charge in [0.05, 0.1) is 30.5 Å². The predicted molar refractivity (Wildman–Crippen MR) is 159 cm³/mol. The van der Waals surface area contributed by atoms with Crippen LogP contribution in [0.4, 0.5) is 0 Å². The third-order valence-corrected chi connectivity index (χ3v) is 10.7. The van der Waals surface area contributed by atoms with Gasteiger partial charge in [-0.2, -0.15) is 0 Å². The molecule has 10 nitrogen and oxygen atoms in total. The molecule has 10 heteroatoms. The predicted octanol–water partition coefficient (Wildman–Crippen LogP) is 4.98. The molecule has 3 aliphatic rings. The van der Waals surface area contributed by atoms with Gasteiger partial charge in [-0.05, 0) is 104 Å². The fourth-order valence-corrected chi connectivity index (χ4v) is 8.55.